The van der Waals surface area contributed by atoms with Crippen molar-refractivity contribution in [2.45, 2.75) is 39.3 Å². The molecule has 30 heavy (non-hydrogen) atoms. The van der Waals surface area contributed by atoms with Gasteiger partial charge in [-0.3, -0.25) is 9.69 Å². The lowest BCUT2D eigenvalue weighted by Gasteiger charge is -2.27. The minimum atomic E-state index is 0. The van der Waals surface area contributed by atoms with Crippen molar-refractivity contribution in [1.29, 1.82) is 0 Å². The van der Waals surface area contributed by atoms with E-state index in [1.807, 2.05) is 24.3 Å². The number of rotatable bonds is 9. The van der Waals surface area contributed by atoms with E-state index < -0.39 is 0 Å². The molecule has 0 unspecified atom stereocenters. The lowest BCUT2D eigenvalue weighted by atomic mass is 10.1. The second-order valence-corrected chi connectivity index (χ2v) is 8.22. The second kappa shape index (κ2) is 13.7. The first-order chi connectivity index (χ1) is 13.9. The molecule has 8 heteroatoms. The highest BCUT2D eigenvalue weighted by atomic mass is 127. The van der Waals surface area contributed by atoms with Crippen molar-refractivity contribution in [3.8, 4) is 5.75 Å². The summed E-state index contributed by atoms with van der Waals surface area (Å²) in [5.41, 5.74) is 1.09. The summed E-state index contributed by atoms with van der Waals surface area (Å²) in [7, 11) is 5.17. The van der Waals surface area contributed by atoms with Crippen LogP contribution in [0.2, 0.25) is 0 Å². The summed E-state index contributed by atoms with van der Waals surface area (Å²) in [5, 5.41) is 6.63. The predicted molar refractivity (Wildman–Crippen MR) is 134 cm³/mol. The Morgan fingerprint density at radius 1 is 1.27 bits per heavy atom. The van der Waals surface area contributed by atoms with E-state index in [0.29, 0.717) is 24.5 Å². The SMILES string of the molecule is COc1ccc(CN=C(NCC(=O)N(C)C)NC[C@H]2CCCN2CC(C)C)cc1.I. The van der Waals surface area contributed by atoms with Crippen LogP contribution < -0.4 is 15.4 Å². The number of halogens is 1. The van der Waals surface area contributed by atoms with Gasteiger partial charge in [0.1, 0.15) is 5.75 Å². The van der Waals surface area contributed by atoms with Crippen molar-refractivity contribution in [3.05, 3.63) is 29.8 Å². The summed E-state index contributed by atoms with van der Waals surface area (Å²) in [6.45, 7) is 8.40. The topological polar surface area (TPSA) is 69.2 Å². The first-order valence-electron chi connectivity index (χ1n) is 10.5. The van der Waals surface area contributed by atoms with Crippen molar-refractivity contribution in [2.24, 2.45) is 10.9 Å². The Bertz CT molecular complexity index is 664. The van der Waals surface area contributed by atoms with Crippen LogP contribution >= 0.6 is 24.0 Å². The van der Waals surface area contributed by atoms with E-state index in [1.165, 1.54) is 12.8 Å². The molecule has 1 fully saturated rings. The molecule has 0 radical (unpaired) electrons. The fraction of sp³-hybridized carbons (Fsp3) is 0.636. The van der Waals surface area contributed by atoms with Crippen LogP contribution in [0.4, 0.5) is 0 Å². The molecule has 1 heterocycles. The maximum absolute atomic E-state index is 12.0. The van der Waals surface area contributed by atoms with Crippen LogP contribution in [0, 0.1) is 5.92 Å². The lowest BCUT2D eigenvalue weighted by molar-refractivity contribution is -0.127. The third-order valence-electron chi connectivity index (χ3n) is 5.09. The third kappa shape index (κ3) is 9.07. The number of likely N-dealkylation sites (N-methyl/N-ethyl adjacent to an activating group) is 1. The highest BCUT2D eigenvalue weighted by Gasteiger charge is 2.24. The van der Waals surface area contributed by atoms with Crippen LogP contribution in [0.5, 0.6) is 5.75 Å². The van der Waals surface area contributed by atoms with Crippen molar-refractivity contribution >= 4 is 35.8 Å². The minimum absolute atomic E-state index is 0. The fourth-order valence-electron chi connectivity index (χ4n) is 3.44. The first kappa shape index (κ1) is 26.5. The Hall–Kier alpha value is -1.55. The minimum Gasteiger partial charge on any atom is -0.497 e. The molecule has 1 saturated heterocycles. The van der Waals surface area contributed by atoms with Crippen molar-refractivity contribution in [1.82, 2.24) is 20.4 Å². The van der Waals surface area contributed by atoms with Crippen molar-refractivity contribution in [3.63, 3.8) is 0 Å². The van der Waals surface area contributed by atoms with E-state index in [-0.39, 0.29) is 36.4 Å². The van der Waals surface area contributed by atoms with E-state index in [4.69, 9.17) is 9.73 Å². The normalized spacial score (nSPS) is 16.9. The Morgan fingerprint density at radius 2 is 1.97 bits per heavy atom. The van der Waals surface area contributed by atoms with Gasteiger partial charge in [0, 0.05) is 33.2 Å². The van der Waals surface area contributed by atoms with Crippen molar-refractivity contribution < 1.29 is 9.53 Å². The Kier molecular flexibility index (Phi) is 12.1. The van der Waals surface area contributed by atoms with Gasteiger partial charge in [0.25, 0.3) is 0 Å². The molecule has 0 saturated carbocycles. The number of benzene rings is 1. The van der Waals surface area contributed by atoms with Crippen LogP contribution in [-0.2, 0) is 11.3 Å². The van der Waals surface area contributed by atoms with E-state index in [1.54, 1.807) is 26.1 Å². The molecule has 1 aliphatic rings. The summed E-state index contributed by atoms with van der Waals surface area (Å²) in [5.74, 6) is 2.19. The van der Waals surface area contributed by atoms with Gasteiger partial charge in [-0.2, -0.15) is 0 Å². The monoisotopic (exact) mass is 531 g/mol. The molecule has 1 amide bonds. The maximum Gasteiger partial charge on any atom is 0.241 e. The van der Waals surface area contributed by atoms with Crippen LogP contribution in [0.1, 0.15) is 32.3 Å². The molecule has 0 aromatic heterocycles. The third-order valence-corrected chi connectivity index (χ3v) is 5.09. The summed E-state index contributed by atoms with van der Waals surface area (Å²) in [6.07, 6.45) is 2.44. The van der Waals surface area contributed by atoms with E-state index in [2.05, 4.69) is 29.4 Å². The molecule has 170 valence electrons. The number of guanidine groups is 1. The van der Waals surface area contributed by atoms with E-state index >= 15 is 0 Å². The average molecular weight is 531 g/mol. The van der Waals surface area contributed by atoms with E-state index in [0.717, 1.165) is 30.9 Å². The molecule has 2 N–H and O–H groups in total. The molecular weight excluding hydrogens is 493 g/mol. The number of nitrogens with zero attached hydrogens (tertiary/aromatic N) is 3. The molecule has 0 bridgehead atoms. The first-order valence-corrected chi connectivity index (χ1v) is 10.5. The molecule has 0 spiro atoms. The van der Waals surface area contributed by atoms with Gasteiger partial charge in [0.15, 0.2) is 5.96 Å². The molecular formula is C22H38IN5O2. The molecule has 2 rings (SSSR count). The van der Waals surface area contributed by atoms with Gasteiger partial charge < -0.3 is 20.3 Å². The number of methoxy groups -OCH3 is 1. The van der Waals surface area contributed by atoms with Crippen molar-refractivity contribution in [2.75, 3.05) is 47.4 Å². The molecule has 1 atom stereocenters. The van der Waals surface area contributed by atoms with Gasteiger partial charge >= 0.3 is 0 Å². The quantitative estimate of drug-likeness (QED) is 0.291. The number of likely N-dealkylation sites (tertiary alicyclic amines) is 1. The molecule has 1 aromatic carbocycles. The molecule has 1 aliphatic heterocycles. The number of carbonyl (C=O) groups is 1. The summed E-state index contributed by atoms with van der Waals surface area (Å²) in [6, 6.07) is 8.39. The number of aliphatic imine (C=N–C) groups is 1. The Balaban J connectivity index is 0.00000450. The number of hydrogen-bond acceptors (Lipinski definition) is 4. The highest BCUT2D eigenvalue weighted by molar-refractivity contribution is 14.0. The number of carbonyl (C=O) groups excluding carboxylic acids is 1. The standard InChI is InChI=1S/C22H37N5O2.HI/c1-17(2)16-27-12-6-7-19(27)14-24-22(25-15-21(28)26(3)4)23-13-18-8-10-20(29-5)11-9-18;/h8-11,17,19H,6-7,12-16H2,1-5H3,(H2,23,24,25);1H/t19-;/m1./s1. The number of nitrogens with one attached hydrogen (secondary N) is 2. The number of hydrogen-bond donors (Lipinski definition) is 2. The van der Waals surface area contributed by atoms with Gasteiger partial charge in [-0.05, 0) is 43.0 Å². The zero-order valence-electron chi connectivity index (χ0n) is 19.0. The van der Waals surface area contributed by atoms with Gasteiger partial charge in [0.05, 0.1) is 20.2 Å². The molecule has 1 aromatic rings. The maximum atomic E-state index is 12.0. The summed E-state index contributed by atoms with van der Waals surface area (Å²) < 4.78 is 5.21. The van der Waals surface area contributed by atoms with Gasteiger partial charge in [-0.25, -0.2) is 4.99 Å². The molecule has 0 aliphatic carbocycles. The predicted octanol–water partition coefficient (Wildman–Crippen LogP) is 2.56. The van der Waals surface area contributed by atoms with Crippen LogP contribution in [0.25, 0.3) is 0 Å². The fourth-order valence-corrected chi connectivity index (χ4v) is 3.44. The highest BCUT2D eigenvalue weighted by Crippen LogP contribution is 2.18. The summed E-state index contributed by atoms with van der Waals surface area (Å²) >= 11 is 0. The summed E-state index contributed by atoms with van der Waals surface area (Å²) in [4.78, 5) is 20.8. The van der Waals surface area contributed by atoms with Gasteiger partial charge in [0.2, 0.25) is 5.91 Å². The molecule has 7 nitrogen and oxygen atoms in total. The van der Waals surface area contributed by atoms with Crippen LogP contribution in [0.3, 0.4) is 0 Å². The smallest absolute Gasteiger partial charge is 0.241 e. The zero-order chi connectivity index (χ0) is 21.2. The van der Waals surface area contributed by atoms with Crippen LogP contribution in [0.15, 0.2) is 29.3 Å². The second-order valence-electron chi connectivity index (χ2n) is 8.22. The number of ether oxygens (including phenoxy) is 1. The average Bonchev–Trinajstić information content (AvgIpc) is 3.13. The zero-order valence-corrected chi connectivity index (χ0v) is 21.3. The van der Waals surface area contributed by atoms with Gasteiger partial charge in [-0.1, -0.05) is 26.0 Å². The van der Waals surface area contributed by atoms with E-state index in [9.17, 15) is 4.79 Å². The number of amides is 1. The Labute approximate surface area is 198 Å². The largest absolute Gasteiger partial charge is 0.497 e. The Morgan fingerprint density at radius 3 is 2.57 bits per heavy atom. The lowest BCUT2D eigenvalue weighted by Crippen LogP contribution is -2.47. The van der Waals surface area contributed by atoms with Crippen LogP contribution in [-0.4, -0.2) is 75.1 Å². The van der Waals surface area contributed by atoms with Gasteiger partial charge in [-0.15, -0.1) is 24.0 Å².